The maximum atomic E-state index is 5.15. The summed E-state index contributed by atoms with van der Waals surface area (Å²) < 4.78 is 6.23. The molecule has 0 fully saturated rings. The molecule has 0 N–H and O–H groups in total. The average Bonchev–Trinajstić information content (AvgIpc) is 2.57. The molecule has 13 heavy (non-hydrogen) atoms. The molecule has 0 aliphatic carbocycles. The van der Waals surface area contributed by atoms with E-state index in [1.54, 1.807) is 12.5 Å². The molecule has 1 heterocycles. The Kier molecular flexibility index (Phi) is 2.45. The van der Waals surface area contributed by atoms with Gasteiger partial charge in [-0.15, -0.1) is 0 Å². The van der Waals surface area contributed by atoms with Crippen molar-refractivity contribution in [1.82, 2.24) is 4.98 Å². The summed E-state index contributed by atoms with van der Waals surface area (Å²) in [5.41, 5.74) is 1.19. The fourth-order valence-corrected chi connectivity index (χ4v) is 1.61. The summed E-state index contributed by atoms with van der Waals surface area (Å²) in [6.07, 6.45) is 3.99. The number of nitrogens with zero attached hydrogens (tertiary/aromatic N) is 1. The van der Waals surface area contributed by atoms with E-state index in [9.17, 15) is 0 Å². The van der Waals surface area contributed by atoms with Crippen molar-refractivity contribution < 1.29 is 4.42 Å². The van der Waals surface area contributed by atoms with Gasteiger partial charge < -0.3 is 4.42 Å². The van der Waals surface area contributed by atoms with Gasteiger partial charge in [-0.25, -0.2) is 4.98 Å². The average molecular weight is 238 g/mol. The van der Waals surface area contributed by atoms with Crippen LogP contribution >= 0.6 is 15.9 Å². The second-order valence-electron chi connectivity index (χ2n) is 2.73. The Balaban J connectivity index is 2.19. The second-order valence-corrected chi connectivity index (χ2v) is 3.65. The molecule has 1 aromatic heterocycles. The smallest absolute Gasteiger partial charge is 0.198 e. The Morgan fingerprint density at radius 2 is 2.31 bits per heavy atom. The molecule has 0 aliphatic heterocycles. The molecule has 1 aromatic carbocycles. The summed E-state index contributed by atoms with van der Waals surface area (Å²) >= 11 is 3.42. The fourth-order valence-electron chi connectivity index (χ4n) is 1.16. The molecule has 0 bridgehead atoms. The molecule has 0 saturated carbocycles. The van der Waals surface area contributed by atoms with E-state index in [-0.39, 0.29) is 0 Å². The van der Waals surface area contributed by atoms with Crippen molar-refractivity contribution in [2.45, 2.75) is 6.42 Å². The van der Waals surface area contributed by atoms with Gasteiger partial charge in [-0.2, -0.15) is 0 Å². The van der Waals surface area contributed by atoms with Gasteiger partial charge in [0.1, 0.15) is 6.26 Å². The number of hydrogen-bond donors (Lipinski definition) is 0. The van der Waals surface area contributed by atoms with Crippen molar-refractivity contribution in [3.8, 4) is 0 Å². The number of halogens is 1. The quantitative estimate of drug-likeness (QED) is 0.803. The highest BCUT2D eigenvalue weighted by Crippen LogP contribution is 2.14. The zero-order chi connectivity index (χ0) is 9.10. The number of aromatic nitrogens is 1. The van der Waals surface area contributed by atoms with Crippen molar-refractivity contribution in [1.29, 1.82) is 0 Å². The van der Waals surface area contributed by atoms with Crippen LogP contribution < -0.4 is 0 Å². The summed E-state index contributed by atoms with van der Waals surface area (Å²) in [7, 11) is 0. The summed E-state index contributed by atoms with van der Waals surface area (Å²) in [6, 6.07) is 8.11. The normalized spacial score (nSPS) is 10.2. The highest BCUT2D eigenvalue weighted by molar-refractivity contribution is 9.10. The molecular formula is C10H8BrNO. The van der Waals surface area contributed by atoms with Gasteiger partial charge in [0, 0.05) is 10.9 Å². The minimum atomic E-state index is 0.742. The lowest BCUT2D eigenvalue weighted by atomic mass is 10.1. The van der Waals surface area contributed by atoms with E-state index >= 15 is 0 Å². The van der Waals surface area contributed by atoms with Gasteiger partial charge in [0.2, 0.25) is 0 Å². The molecule has 0 unspecified atom stereocenters. The van der Waals surface area contributed by atoms with Crippen LogP contribution in [0.2, 0.25) is 0 Å². The Hall–Kier alpha value is -1.09. The van der Waals surface area contributed by atoms with Gasteiger partial charge in [0.25, 0.3) is 0 Å². The monoisotopic (exact) mass is 237 g/mol. The van der Waals surface area contributed by atoms with E-state index in [0.717, 1.165) is 16.8 Å². The lowest BCUT2D eigenvalue weighted by molar-refractivity contribution is 0.507. The molecule has 2 aromatic rings. The summed E-state index contributed by atoms with van der Waals surface area (Å²) in [4.78, 5) is 4.06. The maximum absolute atomic E-state index is 5.15. The van der Waals surface area contributed by atoms with Crippen molar-refractivity contribution in [3.05, 3.63) is 52.7 Å². The van der Waals surface area contributed by atoms with Gasteiger partial charge in [-0.05, 0) is 17.7 Å². The third-order valence-corrected chi connectivity index (χ3v) is 2.22. The molecule has 66 valence electrons. The summed E-state index contributed by atoms with van der Waals surface area (Å²) in [5.74, 6) is 0.748. The third-order valence-electron chi connectivity index (χ3n) is 1.73. The van der Waals surface area contributed by atoms with E-state index in [4.69, 9.17) is 4.42 Å². The molecule has 3 heteroatoms. The lowest BCUT2D eigenvalue weighted by Crippen LogP contribution is -1.87. The standard InChI is InChI=1S/C10H8BrNO/c11-9-3-1-2-8(6-9)7-10-12-4-5-13-10/h1-6H,7H2. The summed E-state index contributed by atoms with van der Waals surface area (Å²) in [5, 5.41) is 0. The molecule has 0 amide bonds. The van der Waals surface area contributed by atoms with Crippen LogP contribution in [0.4, 0.5) is 0 Å². The summed E-state index contributed by atoms with van der Waals surface area (Å²) in [6.45, 7) is 0. The minimum Gasteiger partial charge on any atom is -0.449 e. The van der Waals surface area contributed by atoms with Crippen LogP contribution in [-0.2, 0) is 6.42 Å². The zero-order valence-corrected chi connectivity index (χ0v) is 8.49. The van der Waals surface area contributed by atoms with Crippen molar-refractivity contribution in [2.24, 2.45) is 0 Å². The van der Waals surface area contributed by atoms with Gasteiger partial charge in [-0.3, -0.25) is 0 Å². The van der Waals surface area contributed by atoms with Crippen LogP contribution in [0.25, 0.3) is 0 Å². The number of hydrogen-bond acceptors (Lipinski definition) is 2. The fraction of sp³-hybridized carbons (Fsp3) is 0.100. The zero-order valence-electron chi connectivity index (χ0n) is 6.90. The van der Waals surface area contributed by atoms with Crippen molar-refractivity contribution in [2.75, 3.05) is 0 Å². The topological polar surface area (TPSA) is 26.0 Å². The molecule has 2 rings (SSSR count). The van der Waals surface area contributed by atoms with E-state index in [2.05, 4.69) is 33.0 Å². The minimum absolute atomic E-state index is 0.742. The predicted molar refractivity (Wildman–Crippen MR) is 53.5 cm³/mol. The van der Waals surface area contributed by atoms with Gasteiger partial charge in [0.05, 0.1) is 6.20 Å². The second kappa shape index (κ2) is 3.75. The maximum Gasteiger partial charge on any atom is 0.198 e. The largest absolute Gasteiger partial charge is 0.449 e. The Bertz CT molecular complexity index is 384. The first-order chi connectivity index (χ1) is 6.34. The predicted octanol–water partition coefficient (Wildman–Crippen LogP) is 3.03. The number of benzene rings is 1. The van der Waals surface area contributed by atoms with E-state index < -0.39 is 0 Å². The van der Waals surface area contributed by atoms with E-state index in [1.807, 2.05) is 12.1 Å². The van der Waals surface area contributed by atoms with Crippen molar-refractivity contribution in [3.63, 3.8) is 0 Å². The first-order valence-electron chi connectivity index (χ1n) is 3.97. The van der Waals surface area contributed by atoms with E-state index in [0.29, 0.717) is 0 Å². The molecule has 0 aliphatic rings. The van der Waals surface area contributed by atoms with Crippen molar-refractivity contribution >= 4 is 15.9 Å². The molecule has 2 nitrogen and oxygen atoms in total. The van der Waals surface area contributed by atoms with Crippen LogP contribution in [0.15, 0.2) is 45.6 Å². The molecule has 0 spiro atoms. The highest BCUT2D eigenvalue weighted by atomic mass is 79.9. The van der Waals surface area contributed by atoms with E-state index in [1.165, 1.54) is 5.56 Å². The number of oxazole rings is 1. The SMILES string of the molecule is Brc1cccc(Cc2ncco2)c1. The highest BCUT2D eigenvalue weighted by Gasteiger charge is 1.99. The first kappa shape index (κ1) is 8.51. The van der Waals surface area contributed by atoms with Crippen LogP contribution in [0.5, 0.6) is 0 Å². The van der Waals surface area contributed by atoms with Gasteiger partial charge in [0.15, 0.2) is 5.89 Å². The van der Waals surface area contributed by atoms with Crippen LogP contribution in [0, 0.1) is 0 Å². The molecule has 0 radical (unpaired) electrons. The first-order valence-corrected chi connectivity index (χ1v) is 4.77. The third kappa shape index (κ3) is 2.18. The van der Waals surface area contributed by atoms with Gasteiger partial charge >= 0.3 is 0 Å². The molecular weight excluding hydrogens is 230 g/mol. The Labute approximate surface area is 84.7 Å². The Morgan fingerprint density at radius 1 is 1.38 bits per heavy atom. The van der Waals surface area contributed by atoms with Gasteiger partial charge in [-0.1, -0.05) is 28.1 Å². The van der Waals surface area contributed by atoms with Crippen LogP contribution in [0.1, 0.15) is 11.5 Å². The van der Waals surface area contributed by atoms with Crippen LogP contribution in [0.3, 0.4) is 0 Å². The molecule has 0 saturated heterocycles. The molecule has 0 atom stereocenters. The number of rotatable bonds is 2. The Morgan fingerprint density at radius 3 is 3.00 bits per heavy atom. The lowest BCUT2D eigenvalue weighted by Gasteiger charge is -1.97. The van der Waals surface area contributed by atoms with Crippen LogP contribution in [-0.4, -0.2) is 4.98 Å².